The molecule has 4 N–H and O–H groups in total. The first-order valence-corrected chi connectivity index (χ1v) is 11.4. The van der Waals surface area contributed by atoms with Gasteiger partial charge in [-0.15, -0.1) is 0 Å². The smallest absolute Gasteiger partial charge is 0.303 e. The number of hydrogen-bond acceptors (Lipinski definition) is 3. The van der Waals surface area contributed by atoms with Gasteiger partial charge in [-0.05, 0) is 74.2 Å². The molecule has 29 heavy (non-hydrogen) atoms. The number of carbonyl (C=O) groups is 2. The Hall–Kier alpha value is -1.62. The third-order valence-electron chi connectivity index (χ3n) is 8.61. The molecular weight excluding hydrogens is 364 g/mol. The molecule has 0 saturated heterocycles. The molecule has 1 amide bonds. The van der Waals surface area contributed by atoms with Gasteiger partial charge < -0.3 is 16.2 Å². The van der Waals surface area contributed by atoms with Crippen LogP contribution in [-0.2, 0) is 9.59 Å². The summed E-state index contributed by atoms with van der Waals surface area (Å²) in [5.41, 5.74) is 8.69. The van der Waals surface area contributed by atoms with Gasteiger partial charge in [0.2, 0.25) is 5.91 Å². The van der Waals surface area contributed by atoms with Gasteiger partial charge in [0.15, 0.2) is 0 Å². The molecule has 5 nitrogen and oxygen atoms in total. The van der Waals surface area contributed by atoms with Crippen molar-refractivity contribution in [2.75, 3.05) is 13.1 Å². The lowest BCUT2D eigenvalue weighted by atomic mass is 9.52. The van der Waals surface area contributed by atoms with Gasteiger partial charge in [0.1, 0.15) is 0 Å². The molecule has 6 atom stereocenters. The first kappa shape index (κ1) is 20.6. The summed E-state index contributed by atoms with van der Waals surface area (Å²) in [6.45, 7) is 5.37. The second-order valence-electron chi connectivity index (χ2n) is 10.2. The van der Waals surface area contributed by atoms with Gasteiger partial charge in [-0.2, -0.15) is 0 Å². The van der Waals surface area contributed by atoms with Gasteiger partial charge in [-0.3, -0.25) is 9.59 Å². The molecule has 4 aliphatic rings. The Morgan fingerprint density at radius 1 is 1.03 bits per heavy atom. The van der Waals surface area contributed by atoms with Crippen LogP contribution in [0.5, 0.6) is 0 Å². The summed E-state index contributed by atoms with van der Waals surface area (Å²) in [5.74, 6) is 1.26. The van der Waals surface area contributed by atoms with Gasteiger partial charge in [-0.25, -0.2) is 0 Å². The molecule has 2 fully saturated rings. The van der Waals surface area contributed by atoms with E-state index in [4.69, 9.17) is 5.73 Å². The zero-order chi connectivity index (χ0) is 20.8. The number of allylic oxidation sites excluding steroid dienone is 4. The molecule has 0 heterocycles. The highest BCUT2D eigenvalue weighted by Gasteiger charge is 2.57. The zero-order valence-electron chi connectivity index (χ0n) is 17.9. The van der Waals surface area contributed by atoms with Crippen molar-refractivity contribution in [3.63, 3.8) is 0 Å². The fourth-order valence-corrected chi connectivity index (χ4v) is 7.00. The Kier molecular flexibility index (Phi) is 5.39. The minimum Gasteiger partial charge on any atom is -0.481 e. The Morgan fingerprint density at radius 2 is 1.59 bits per heavy atom. The third kappa shape index (κ3) is 3.45. The Labute approximate surface area is 174 Å². The Morgan fingerprint density at radius 3 is 2.10 bits per heavy atom. The van der Waals surface area contributed by atoms with Crippen LogP contribution >= 0.6 is 0 Å². The number of amides is 1. The van der Waals surface area contributed by atoms with Crippen LogP contribution in [0.2, 0.25) is 0 Å². The highest BCUT2D eigenvalue weighted by Crippen LogP contribution is 2.61. The molecular formula is C24H36N2O3. The maximum absolute atomic E-state index is 12.9. The van der Waals surface area contributed by atoms with E-state index in [1.54, 1.807) is 0 Å². The quantitative estimate of drug-likeness (QED) is 0.515. The lowest BCUT2D eigenvalue weighted by molar-refractivity contribution is -0.146. The molecule has 2 saturated carbocycles. The van der Waals surface area contributed by atoms with Crippen molar-refractivity contribution in [2.24, 2.45) is 40.2 Å². The van der Waals surface area contributed by atoms with E-state index in [0.29, 0.717) is 43.2 Å². The van der Waals surface area contributed by atoms with Crippen molar-refractivity contribution in [1.29, 1.82) is 0 Å². The SMILES string of the molecule is CCC1=C[C@@H]2[C@H](C1)C[C@]2(CN)CC(=O)NC[C@@]1(CC(=O)O)C[C@@H]2CC(CC)=C[C@@H]21. The van der Waals surface area contributed by atoms with E-state index in [-0.39, 0.29) is 23.2 Å². The first-order chi connectivity index (χ1) is 13.8. The normalized spacial score (nSPS) is 39.6. The lowest BCUT2D eigenvalue weighted by Gasteiger charge is -2.53. The van der Waals surface area contributed by atoms with Gasteiger partial charge in [0.25, 0.3) is 0 Å². The van der Waals surface area contributed by atoms with E-state index in [9.17, 15) is 14.7 Å². The number of nitrogens with one attached hydrogen (secondary N) is 1. The fraction of sp³-hybridized carbons (Fsp3) is 0.750. The van der Waals surface area contributed by atoms with Crippen molar-refractivity contribution >= 4 is 11.9 Å². The summed E-state index contributed by atoms with van der Waals surface area (Å²) in [7, 11) is 0. The summed E-state index contributed by atoms with van der Waals surface area (Å²) in [4.78, 5) is 24.4. The van der Waals surface area contributed by atoms with Crippen molar-refractivity contribution in [3.8, 4) is 0 Å². The standard InChI is InChI=1S/C24H36N2O3/c1-3-15-5-17-9-23(13-25,19(17)7-15)11-21(27)26-14-24(12-22(28)29)10-18-6-16(4-2)8-20(18)24/h7-8,17-20H,3-6,9-14,25H2,1-2H3,(H,26,27)(H,28,29)/t17-,18+,19-,20+,23-,24+/m1/s1. The molecule has 4 aliphatic carbocycles. The molecule has 0 aliphatic heterocycles. The van der Waals surface area contributed by atoms with Crippen LogP contribution < -0.4 is 11.1 Å². The molecule has 0 spiro atoms. The van der Waals surface area contributed by atoms with Crippen molar-refractivity contribution < 1.29 is 14.7 Å². The maximum atomic E-state index is 12.9. The van der Waals surface area contributed by atoms with E-state index in [2.05, 4.69) is 31.3 Å². The number of carbonyl (C=O) groups excluding carboxylic acids is 1. The highest BCUT2D eigenvalue weighted by molar-refractivity contribution is 5.77. The molecule has 0 bridgehead atoms. The van der Waals surface area contributed by atoms with Crippen molar-refractivity contribution in [2.45, 2.75) is 65.2 Å². The first-order valence-electron chi connectivity index (χ1n) is 11.4. The summed E-state index contributed by atoms with van der Waals surface area (Å²) in [6, 6.07) is 0. The minimum atomic E-state index is -0.764. The number of carboxylic acid groups (broad SMARTS) is 1. The van der Waals surface area contributed by atoms with E-state index < -0.39 is 5.97 Å². The maximum Gasteiger partial charge on any atom is 0.303 e. The third-order valence-corrected chi connectivity index (χ3v) is 8.61. The molecule has 0 aromatic heterocycles. The molecule has 5 heteroatoms. The van der Waals surface area contributed by atoms with Crippen LogP contribution in [0.4, 0.5) is 0 Å². The average Bonchev–Trinajstić information content (AvgIpc) is 3.21. The van der Waals surface area contributed by atoms with Crippen LogP contribution in [0.25, 0.3) is 0 Å². The Bertz CT molecular complexity index is 757. The summed E-state index contributed by atoms with van der Waals surface area (Å²) in [6.07, 6.45) is 11.6. The Balaban J connectivity index is 1.39. The molecule has 4 rings (SSSR count). The summed E-state index contributed by atoms with van der Waals surface area (Å²) < 4.78 is 0. The van der Waals surface area contributed by atoms with E-state index in [1.165, 1.54) is 17.6 Å². The summed E-state index contributed by atoms with van der Waals surface area (Å²) in [5, 5.41) is 12.6. The molecule has 0 radical (unpaired) electrons. The summed E-state index contributed by atoms with van der Waals surface area (Å²) >= 11 is 0. The van der Waals surface area contributed by atoms with Gasteiger partial charge in [0, 0.05) is 18.4 Å². The van der Waals surface area contributed by atoms with Crippen LogP contribution in [0.1, 0.15) is 65.2 Å². The van der Waals surface area contributed by atoms with Crippen LogP contribution in [0, 0.1) is 34.5 Å². The second-order valence-corrected chi connectivity index (χ2v) is 10.2. The number of nitrogens with two attached hydrogens (primary N) is 1. The number of fused-ring (bicyclic) bond motifs is 2. The van der Waals surface area contributed by atoms with Gasteiger partial charge >= 0.3 is 5.97 Å². The van der Waals surface area contributed by atoms with Gasteiger partial charge in [-0.1, -0.05) is 37.1 Å². The van der Waals surface area contributed by atoms with E-state index in [1.807, 2.05) is 0 Å². The largest absolute Gasteiger partial charge is 0.481 e. The molecule has 0 aromatic rings. The van der Waals surface area contributed by atoms with Crippen LogP contribution in [-0.4, -0.2) is 30.1 Å². The number of rotatable bonds is 9. The van der Waals surface area contributed by atoms with Crippen LogP contribution in [0.15, 0.2) is 23.3 Å². The number of hydrogen-bond donors (Lipinski definition) is 3. The van der Waals surface area contributed by atoms with Crippen LogP contribution in [0.3, 0.4) is 0 Å². The molecule has 0 unspecified atom stereocenters. The molecule has 160 valence electrons. The van der Waals surface area contributed by atoms with Crippen molar-refractivity contribution in [1.82, 2.24) is 5.32 Å². The second kappa shape index (κ2) is 7.57. The topological polar surface area (TPSA) is 92.4 Å². The monoisotopic (exact) mass is 400 g/mol. The van der Waals surface area contributed by atoms with E-state index in [0.717, 1.165) is 32.1 Å². The minimum absolute atomic E-state index is 0.0400. The van der Waals surface area contributed by atoms with Gasteiger partial charge in [0.05, 0.1) is 6.42 Å². The molecule has 0 aromatic carbocycles. The lowest BCUT2D eigenvalue weighted by Crippen LogP contribution is -2.55. The van der Waals surface area contributed by atoms with Crippen molar-refractivity contribution in [3.05, 3.63) is 23.3 Å². The highest BCUT2D eigenvalue weighted by atomic mass is 16.4. The predicted octanol–water partition coefficient (Wildman–Crippen LogP) is 3.65. The predicted molar refractivity (Wildman–Crippen MR) is 113 cm³/mol. The fourth-order valence-electron chi connectivity index (χ4n) is 7.00. The average molecular weight is 401 g/mol. The number of aliphatic carboxylic acids is 1. The number of carboxylic acids is 1. The zero-order valence-corrected chi connectivity index (χ0v) is 17.9. The van der Waals surface area contributed by atoms with E-state index >= 15 is 0 Å².